The monoisotopic (exact) mass is 551 g/mol. The smallest absolute Gasteiger partial charge is 0.232 e. The Kier molecular flexibility index (Phi) is 7.46. The lowest BCUT2D eigenvalue weighted by Crippen LogP contribution is -2.32. The van der Waals surface area contributed by atoms with Gasteiger partial charge in [0.2, 0.25) is 5.95 Å². The number of nitrogens with zero attached hydrogens (tertiary/aromatic N) is 5. The second kappa shape index (κ2) is 11.6. The van der Waals surface area contributed by atoms with Crippen LogP contribution in [0.3, 0.4) is 0 Å². The molecule has 0 radical (unpaired) electrons. The molecule has 0 saturated heterocycles. The summed E-state index contributed by atoms with van der Waals surface area (Å²) in [5, 5.41) is 8.10. The van der Waals surface area contributed by atoms with Crippen molar-refractivity contribution in [1.29, 1.82) is 0 Å². The van der Waals surface area contributed by atoms with E-state index in [1.165, 1.54) is 22.9 Å². The molecule has 0 aliphatic carbocycles. The lowest BCUT2D eigenvalue weighted by molar-refractivity contribution is 0.516. The van der Waals surface area contributed by atoms with Gasteiger partial charge in [0.15, 0.2) is 10.3 Å². The van der Waals surface area contributed by atoms with Crippen molar-refractivity contribution in [2.24, 2.45) is 0 Å². The highest BCUT2D eigenvalue weighted by molar-refractivity contribution is 7.99. The molecule has 1 aliphatic rings. The summed E-state index contributed by atoms with van der Waals surface area (Å²) in [6.45, 7) is 2.08. The highest BCUT2D eigenvalue weighted by Gasteiger charge is 2.19. The van der Waals surface area contributed by atoms with E-state index in [1.54, 1.807) is 18.5 Å². The summed E-state index contributed by atoms with van der Waals surface area (Å²) in [5.74, 6) is 2.82. The number of thiocarbonyl (C=S) groups is 1. The Morgan fingerprint density at radius 3 is 2.56 bits per heavy atom. The Labute approximate surface area is 235 Å². The minimum Gasteiger partial charge on any atom is -0.459 e. The number of nitrogens with one attached hydrogen (secondary N) is 2. The van der Waals surface area contributed by atoms with E-state index in [9.17, 15) is 0 Å². The van der Waals surface area contributed by atoms with Gasteiger partial charge in [-0.15, -0.1) is 0 Å². The second-order valence-corrected chi connectivity index (χ2v) is 10.3. The van der Waals surface area contributed by atoms with E-state index < -0.39 is 0 Å². The summed E-state index contributed by atoms with van der Waals surface area (Å²) in [6.07, 6.45) is 4.39. The number of rotatable bonds is 7. The highest BCUT2D eigenvalue weighted by Crippen LogP contribution is 2.29. The summed E-state index contributed by atoms with van der Waals surface area (Å²) in [5.41, 5.74) is 3.72. The van der Waals surface area contributed by atoms with Crippen molar-refractivity contribution in [2.75, 3.05) is 16.8 Å². The zero-order valence-corrected chi connectivity index (χ0v) is 22.6. The minimum absolute atomic E-state index is 0.403. The van der Waals surface area contributed by atoms with Crippen molar-refractivity contribution in [3.05, 3.63) is 108 Å². The molecule has 6 rings (SSSR count). The summed E-state index contributed by atoms with van der Waals surface area (Å²) >= 11 is 6.96. The van der Waals surface area contributed by atoms with Gasteiger partial charge in [-0.05, 0) is 59.7 Å². The summed E-state index contributed by atoms with van der Waals surface area (Å²) in [4.78, 5) is 20.4. The Balaban J connectivity index is 1.18. The second-order valence-electron chi connectivity index (χ2n) is 8.90. The Morgan fingerprint density at radius 1 is 0.923 bits per heavy atom. The zero-order valence-electron chi connectivity index (χ0n) is 20.9. The largest absolute Gasteiger partial charge is 0.459 e. The first kappa shape index (κ1) is 25.0. The van der Waals surface area contributed by atoms with Crippen molar-refractivity contribution in [3.8, 4) is 11.3 Å². The molecule has 194 valence electrons. The molecule has 2 aromatic carbocycles. The van der Waals surface area contributed by atoms with Gasteiger partial charge >= 0.3 is 0 Å². The minimum atomic E-state index is 0.403. The van der Waals surface area contributed by atoms with Gasteiger partial charge in [-0.3, -0.25) is 0 Å². The fourth-order valence-electron chi connectivity index (χ4n) is 4.35. The first-order valence-corrected chi connectivity index (χ1v) is 13.8. The van der Waals surface area contributed by atoms with E-state index in [-0.39, 0.29) is 0 Å². The molecule has 0 atom stereocenters. The van der Waals surface area contributed by atoms with Crippen molar-refractivity contribution < 1.29 is 4.42 Å². The molecule has 4 heterocycles. The van der Waals surface area contributed by atoms with Crippen LogP contribution >= 0.6 is 24.0 Å². The van der Waals surface area contributed by atoms with Crippen LogP contribution in [0.15, 0.2) is 106 Å². The van der Waals surface area contributed by atoms with Gasteiger partial charge in [-0.1, -0.05) is 54.6 Å². The zero-order chi connectivity index (χ0) is 26.4. The van der Waals surface area contributed by atoms with Crippen LogP contribution in [0.1, 0.15) is 16.9 Å². The molecule has 0 fully saturated rings. The Morgan fingerprint density at radius 2 is 1.72 bits per heavy atom. The van der Waals surface area contributed by atoms with Gasteiger partial charge in [0, 0.05) is 37.1 Å². The molecule has 0 unspecified atom stereocenters. The van der Waals surface area contributed by atoms with E-state index in [0.717, 1.165) is 47.4 Å². The maximum atomic E-state index is 5.98. The van der Waals surface area contributed by atoms with Crippen LogP contribution < -0.4 is 15.5 Å². The molecule has 10 heteroatoms. The third-order valence-electron chi connectivity index (χ3n) is 6.25. The van der Waals surface area contributed by atoms with Crippen molar-refractivity contribution in [1.82, 2.24) is 25.3 Å². The number of furan rings is 1. The molecule has 8 nitrogen and oxygen atoms in total. The maximum absolute atomic E-state index is 5.98. The highest BCUT2D eigenvalue weighted by atomic mass is 32.2. The van der Waals surface area contributed by atoms with Crippen LogP contribution in [0.5, 0.6) is 0 Å². The molecule has 0 amide bonds. The summed E-state index contributed by atoms with van der Waals surface area (Å²) < 4.78 is 5.98. The van der Waals surface area contributed by atoms with Crippen LogP contribution in [0.25, 0.3) is 11.3 Å². The number of benzene rings is 2. The van der Waals surface area contributed by atoms with Gasteiger partial charge in [0.25, 0.3) is 0 Å². The third kappa shape index (κ3) is 6.24. The molecule has 5 aromatic rings. The maximum Gasteiger partial charge on any atom is 0.232 e. The quantitative estimate of drug-likeness (QED) is 0.148. The van der Waals surface area contributed by atoms with Crippen molar-refractivity contribution >= 4 is 40.9 Å². The molecular weight excluding hydrogens is 527 g/mol. The number of aromatic nitrogens is 4. The van der Waals surface area contributed by atoms with Crippen LogP contribution in [0.4, 0.5) is 11.8 Å². The average molecular weight is 552 g/mol. The lowest BCUT2D eigenvalue weighted by Gasteiger charge is -2.30. The van der Waals surface area contributed by atoms with E-state index in [0.29, 0.717) is 22.8 Å². The topological polar surface area (TPSA) is 92.0 Å². The van der Waals surface area contributed by atoms with Crippen LogP contribution in [0, 0.1) is 0 Å². The van der Waals surface area contributed by atoms with E-state index in [2.05, 4.69) is 54.8 Å². The van der Waals surface area contributed by atoms with Gasteiger partial charge in [0.05, 0.1) is 6.54 Å². The van der Waals surface area contributed by atoms with Gasteiger partial charge in [-0.2, -0.15) is 4.98 Å². The first-order valence-electron chi connectivity index (χ1n) is 12.5. The van der Waals surface area contributed by atoms with Crippen molar-refractivity contribution in [3.63, 3.8) is 0 Å². The standard InChI is InChI=1S/C29H25N7OS2/c38-28(32-18-23-11-12-24(37-23)21-8-2-1-3-9-21)35-27-33-25(17-26(34-27)39-29-30-14-6-15-31-29)36-16-13-20-7-4-5-10-22(20)19-36/h1-12,14-15,17H,13,16,18-19H2,(H2,32,33,34,35,38). The molecule has 0 saturated carbocycles. The average Bonchev–Trinajstić information content (AvgIpc) is 3.46. The van der Waals surface area contributed by atoms with Crippen molar-refractivity contribution in [2.45, 2.75) is 29.7 Å². The molecule has 1 aliphatic heterocycles. The summed E-state index contributed by atoms with van der Waals surface area (Å²) in [7, 11) is 0. The fourth-order valence-corrected chi connectivity index (χ4v) is 5.22. The predicted octanol–water partition coefficient (Wildman–Crippen LogP) is 5.73. The molecule has 2 N–H and O–H groups in total. The molecule has 0 spiro atoms. The SMILES string of the molecule is S=C(NCc1ccc(-c2ccccc2)o1)Nc1nc(Sc2ncccn2)cc(N2CCc3ccccc3C2)n1. The third-order valence-corrected chi connectivity index (χ3v) is 7.31. The van der Waals surface area contributed by atoms with Crippen LogP contribution in [0.2, 0.25) is 0 Å². The lowest BCUT2D eigenvalue weighted by atomic mass is 10.00. The normalized spacial score (nSPS) is 12.6. The van der Waals surface area contributed by atoms with Gasteiger partial charge in [0.1, 0.15) is 22.4 Å². The number of fused-ring (bicyclic) bond motifs is 1. The number of hydrogen-bond acceptors (Lipinski definition) is 8. The molecule has 3 aromatic heterocycles. The Bertz CT molecular complexity index is 1580. The van der Waals surface area contributed by atoms with E-state index >= 15 is 0 Å². The fraction of sp³-hybridized carbons (Fsp3) is 0.138. The van der Waals surface area contributed by atoms with E-state index in [4.69, 9.17) is 21.6 Å². The summed E-state index contributed by atoms with van der Waals surface area (Å²) in [6, 6.07) is 26.2. The van der Waals surface area contributed by atoms with Gasteiger partial charge < -0.3 is 20.0 Å². The van der Waals surface area contributed by atoms with E-state index in [1.807, 2.05) is 48.5 Å². The van der Waals surface area contributed by atoms with Gasteiger partial charge in [-0.25, -0.2) is 15.0 Å². The van der Waals surface area contributed by atoms with Crippen LogP contribution in [-0.2, 0) is 19.5 Å². The predicted molar refractivity (Wildman–Crippen MR) is 157 cm³/mol. The number of anilines is 2. The molecule has 0 bridgehead atoms. The number of hydrogen-bond donors (Lipinski definition) is 2. The first-order chi connectivity index (χ1) is 19.2. The Hall–Kier alpha value is -4.28. The molecule has 39 heavy (non-hydrogen) atoms. The van der Waals surface area contributed by atoms with Crippen LogP contribution in [-0.4, -0.2) is 31.6 Å². The molecular formula is C29H25N7OS2.